The number of nitrogens with one attached hydrogen (secondary N) is 2. The molecule has 0 unspecified atom stereocenters. The van der Waals surface area contributed by atoms with Crippen molar-refractivity contribution in [2.24, 2.45) is 5.92 Å². The van der Waals surface area contributed by atoms with Gasteiger partial charge in [-0.05, 0) is 45.0 Å². The molecule has 0 radical (unpaired) electrons. The van der Waals surface area contributed by atoms with E-state index in [1.165, 1.54) is 23.5 Å². The number of urea groups is 1. The number of carbonyl (C=O) groups is 2. The van der Waals surface area contributed by atoms with E-state index in [1.807, 2.05) is 6.92 Å². The molecular weight excluding hydrogens is 550 g/mol. The quantitative estimate of drug-likeness (QED) is 0.363. The van der Waals surface area contributed by atoms with Crippen molar-refractivity contribution < 1.29 is 32.4 Å². The second-order valence-electron chi connectivity index (χ2n) is 10.2. The highest BCUT2D eigenvalue weighted by Crippen LogP contribution is 2.35. The summed E-state index contributed by atoms with van der Waals surface area (Å²) in [5, 5.41) is 19.2. The molecule has 4 rings (SSSR count). The van der Waals surface area contributed by atoms with Crippen LogP contribution in [-0.2, 0) is 10.0 Å². The Morgan fingerprint density at radius 2 is 1.88 bits per heavy atom. The maximum absolute atomic E-state index is 13.7. The molecule has 0 fully saturated rings. The molecule has 3 amide bonds. The van der Waals surface area contributed by atoms with Crippen molar-refractivity contribution in [3.63, 3.8) is 0 Å². The molecule has 41 heavy (non-hydrogen) atoms. The summed E-state index contributed by atoms with van der Waals surface area (Å²) in [6, 6.07) is 11.7. The van der Waals surface area contributed by atoms with Crippen LogP contribution in [0.1, 0.15) is 35.7 Å². The minimum absolute atomic E-state index is 0.0347. The molecule has 1 aliphatic rings. The molecule has 0 spiro atoms. The van der Waals surface area contributed by atoms with Gasteiger partial charge in [-0.25, -0.2) is 13.2 Å². The Bertz CT molecular complexity index is 1490. The smallest absolute Gasteiger partial charge is 0.323 e. The zero-order valence-electron chi connectivity index (χ0n) is 23.6. The van der Waals surface area contributed by atoms with E-state index in [0.717, 1.165) is 0 Å². The van der Waals surface area contributed by atoms with Gasteiger partial charge >= 0.3 is 6.03 Å². The van der Waals surface area contributed by atoms with Crippen molar-refractivity contribution in [3.8, 4) is 5.75 Å². The molecule has 3 aromatic rings. The fourth-order valence-corrected chi connectivity index (χ4v) is 5.82. The van der Waals surface area contributed by atoms with Gasteiger partial charge in [-0.2, -0.15) is 4.31 Å². The highest BCUT2D eigenvalue weighted by molar-refractivity contribution is 7.89. The second-order valence-corrected chi connectivity index (χ2v) is 12.2. The third kappa shape index (κ3) is 6.37. The van der Waals surface area contributed by atoms with E-state index < -0.39 is 28.2 Å². The first-order valence-electron chi connectivity index (χ1n) is 13.2. The third-order valence-electron chi connectivity index (χ3n) is 7.10. The zero-order chi connectivity index (χ0) is 29.9. The lowest BCUT2D eigenvalue weighted by Gasteiger charge is -2.38. The molecule has 0 bridgehead atoms. The van der Waals surface area contributed by atoms with Gasteiger partial charge in [-0.1, -0.05) is 36.3 Å². The summed E-state index contributed by atoms with van der Waals surface area (Å²) in [5.74, 6) is -0.202. The van der Waals surface area contributed by atoms with Gasteiger partial charge in [0, 0.05) is 19.5 Å². The molecule has 2 heterocycles. The van der Waals surface area contributed by atoms with Gasteiger partial charge < -0.3 is 29.9 Å². The van der Waals surface area contributed by atoms with Crippen LogP contribution in [-0.4, -0.2) is 78.7 Å². The molecule has 0 saturated heterocycles. The SMILES string of the molecule is Cc1noc(C)c1NC(=O)Nc1cccc2c1O[C@@H](CN(C)S(=O)(=O)c1ccccc1)[C@H](C)CN([C@@H](C)CO)C2=O. The molecule has 2 aromatic carbocycles. The van der Waals surface area contributed by atoms with Crippen molar-refractivity contribution in [3.05, 3.63) is 65.5 Å². The largest absolute Gasteiger partial charge is 0.486 e. The third-order valence-corrected chi connectivity index (χ3v) is 8.94. The van der Waals surface area contributed by atoms with E-state index in [1.54, 1.807) is 62.1 Å². The maximum atomic E-state index is 13.7. The number of aromatic nitrogens is 1. The Morgan fingerprint density at radius 1 is 1.17 bits per heavy atom. The molecule has 0 saturated carbocycles. The van der Waals surface area contributed by atoms with Crippen molar-refractivity contribution in [1.29, 1.82) is 0 Å². The Hall–Kier alpha value is -3.94. The van der Waals surface area contributed by atoms with Crippen LogP contribution in [0.2, 0.25) is 0 Å². The number of sulfonamides is 1. The molecule has 3 atom stereocenters. The number of rotatable bonds is 8. The second kappa shape index (κ2) is 12.3. The number of anilines is 2. The zero-order valence-corrected chi connectivity index (χ0v) is 24.4. The molecule has 1 aliphatic heterocycles. The molecular formula is C28H35N5O7S. The minimum atomic E-state index is -3.83. The molecule has 12 nitrogen and oxygen atoms in total. The van der Waals surface area contributed by atoms with E-state index in [9.17, 15) is 23.1 Å². The number of nitrogens with zero attached hydrogens (tertiary/aromatic N) is 3. The number of aliphatic hydroxyl groups is 1. The Labute approximate surface area is 239 Å². The average Bonchev–Trinajstić information content (AvgIpc) is 3.27. The lowest BCUT2D eigenvalue weighted by molar-refractivity contribution is 0.0389. The van der Waals surface area contributed by atoms with Crippen molar-refractivity contribution in [2.75, 3.05) is 37.4 Å². The first-order valence-corrected chi connectivity index (χ1v) is 14.6. The lowest BCUT2D eigenvalue weighted by atomic mass is 9.99. The van der Waals surface area contributed by atoms with Gasteiger partial charge in [0.1, 0.15) is 17.5 Å². The maximum Gasteiger partial charge on any atom is 0.323 e. The van der Waals surface area contributed by atoms with E-state index in [-0.39, 0.29) is 53.4 Å². The number of hydrogen-bond donors (Lipinski definition) is 3. The van der Waals surface area contributed by atoms with E-state index in [2.05, 4.69) is 15.8 Å². The van der Waals surface area contributed by atoms with E-state index >= 15 is 0 Å². The fourth-order valence-electron chi connectivity index (χ4n) is 4.61. The molecule has 0 aliphatic carbocycles. The Balaban J connectivity index is 1.70. The number of likely N-dealkylation sites (N-methyl/N-ethyl adjacent to an activating group) is 1. The van der Waals surface area contributed by atoms with Crippen LogP contribution in [0, 0.1) is 19.8 Å². The molecule has 3 N–H and O–H groups in total. The van der Waals surface area contributed by atoms with Gasteiger partial charge in [-0.15, -0.1) is 0 Å². The summed E-state index contributed by atoms with van der Waals surface area (Å²) in [4.78, 5) is 28.3. The van der Waals surface area contributed by atoms with Crippen molar-refractivity contribution in [1.82, 2.24) is 14.4 Å². The van der Waals surface area contributed by atoms with E-state index in [0.29, 0.717) is 17.1 Å². The number of amides is 3. The number of fused-ring (bicyclic) bond motifs is 1. The van der Waals surface area contributed by atoms with Crippen LogP contribution in [0.5, 0.6) is 5.75 Å². The number of hydrogen-bond acceptors (Lipinski definition) is 8. The summed E-state index contributed by atoms with van der Waals surface area (Å²) in [7, 11) is -2.36. The van der Waals surface area contributed by atoms with Gasteiger partial charge in [-0.3, -0.25) is 4.79 Å². The van der Waals surface area contributed by atoms with Crippen LogP contribution in [0.4, 0.5) is 16.2 Å². The Kier molecular flexibility index (Phi) is 9.00. The first kappa shape index (κ1) is 30.0. The normalized spacial score (nSPS) is 18.2. The fraction of sp³-hybridized carbons (Fsp3) is 0.393. The van der Waals surface area contributed by atoms with Crippen molar-refractivity contribution >= 4 is 33.3 Å². The number of ether oxygens (including phenoxy) is 1. The standard InChI is InChI=1S/C28H35N5O7S/c1-17-14-33(18(2)16-34)27(35)22-12-9-13-23(29-28(36)30-25-19(3)31-40-20(25)4)26(22)39-24(17)15-32(5)41(37,38)21-10-7-6-8-11-21/h6-13,17-18,24,34H,14-16H2,1-5H3,(H2,29,30,36)/t17-,18+,24+/m1/s1. The summed E-state index contributed by atoms with van der Waals surface area (Å²) in [5.41, 5.74) is 1.30. The molecule has 1 aromatic heterocycles. The lowest BCUT2D eigenvalue weighted by Crippen LogP contribution is -2.50. The summed E-state index contributed by atoms with van der Waals surface area (Å²) >= 11 is 0. The molecule has 220 valence electrons. The summed E-state index contributed by atoms with van der Waals surface area (Å²) in [6.07, 6.45) is -0.715. The number of benzene rings is 2. The van der Waals surface area contributed by atoms with Crippen LogP contribution in [0.3, 0.4) is 0 Å². The van der Waals surface area contributed by atoms with Crippen LogP contribution < -0.4 is 15.4 Å². The summed E-state index contributed by atoms with van der Waals surface area (Å²) < 4.78 is 39.3. The topological polar surface area (TPSA) is 154 Å². The number of carbonyl (C=O) groups excluding carboxylic acids is 2. The number of aryl methyl sites for hydroxylation is 2. The first-order chi connectivity index (χ1) is 19.4. The van der Waals surface area contributed by atoms with Crippen LogP contribution in [0.15, 0.2) is 57.9 Å². The van der Waals surface area contributed by atoms with Gasteiger partial charge in [0.15, 0.2) is 11.5 Å². The highest BCUT2D eigenvalue weighted by Gasteiger charge is 2.36. The molecule has 13 heteroatoms. The monoisotopic (exact) mass is 585 g/mol. The number of aliphatic hydroxyl groups excluding tert-OH is 1. The number of para-hydroxylation sites is 1. The van der Waals surface area contributed by atoms with Crippen LogP contribution in [0.25, 0.3) is 0 Å². The van der Waals surface area contributed by atoms with E-state index in [4.69, 9.17) is 9.26 Å². The van der Waals surface area contributed by atoms with Crippen LogP contribution >= 0.6 is 0 Å². The summed E-state index contributed by atoms with van der Waals surface area (Å²) in [6.45, 7) is 6.85. The predicted octanol–water partition coefficient (Wildman–Crippen LogP) is 3.48. The predicted molar refractivity (Wildman–Crippen MR) is 152 cm³/mol. The average molecular weight is 586 g/mol. The van der Waals surface area contributed by atoms with Gasteiger partial charge in [0.05, 0.1) is 35.3 Å². The van der Waals surface area contributed by atoms with Gasteiger partial charge in [0.25, 0.3) is 5.91 Å². The van der Waals surface area contributed by atoms with Gasteiger partial charge in [0.2, 0.25) is 10.0 Å². The van der Waals surface area contributed by atoms with Crippen molar-refractivity contribution in [2.45, 2.75) is 44.7 Å². The Morgan fingerprint density at radius 3 is 2.51 bits per heavy atom. The minimum Gasteiger partial charge on any atom is -0.486 e. The highest BCUT2D eigenvalue weighted by atomic mass is 32.2.